The highest BCUT2D eigenvalue weighted by molar-refractivity contribution is 7.99. The van der Waals surface area contributed by atoms with Crippen molar-refractivity contribution >= 4 is 17.5 Å². The number of ether oxygens (including phenoxy) is 1. The van der Waals surface area contributed by atoms with Crippen LogP contribution in [0.1, 0.15) is 33.2 Å². The van der Waals surface area contributed by atoms with E-state index in [1.165, 1.54) is 16.0 Å². The lowest BCUT2D eigenvalue weighted by molar-refractivity contribution is 0.0982. The van der Waals surface area contributed by atoms with Crippen LogP contribution < -0.4 is 4.74 Å². The minimum absolute atomic E-state index is 0.0773. The molecule has 3 aromatic carbocycles. The third-order valence-corrected chi connectivity index (χ3v) is 5.52. The van der Waals surface area contributed by atoms with E-state index in [-0.39, 0.29) is 11.0 Å². The van der Waals surface area contributed by atoms with Gasteiger partial charge in [-0.25, -0.2) is 0 Å². The first-order chi connectivity index (χ1) is 12.7. The van der Waals surface area contributed by atoms with Crippen LogP contribution in [0.15, 0.2) is 83.8 Å². The van der Waals surface area contributed by atoms with Crippen molar-refractivity contribution < 1.29 is 9.53 Å². The molecule has 3 aromatic rings. The second kappa shape index (κ2) is 8.72. The molecule has 1 atom stereocenters. The third-order valence-electron chi connectivity index (χ3n) is 4.25. The van der Waals surface area contributed by atoms with Crippen molar-refractivity contribution in [3.63, 3.8) is 0 Å². The Bertz CT molecular complexity index is 840. The van der Waals surface area contributed by atoms with E-state index in [9.17, 15) is 4.79 Å². The second-order valence-electron chi connectivity index (χ2n) is 6.19. The van der Waals surface area contributed by atoms with Gasteiger partial charge in [-0.05, 0) is 48.9 Å². The van der Waals surface area contributed by atoms with Gasteiger partial charge in [0, 0.05) is 22.1 Å². The lowest BCUT2D eigenvalue weighted by Gasteiger charge is -2.17. The largest absolute Gasteiger partial charge is 0.497 e. The van der Waals surface area contributed by atoms with Crippen LogP contribution in [0.3, 0.4) is 0 Å². The topological polar surface area (TPSA) is 26.3 Å². The Balaban J connectivity index is 1.80. The summed E-state index contributed by atoms with van der Waals surface area (Å²) in [5, 5.41) is 0.0773. The van der Waals surface area contributed by atoms with Crippen molar-refractivity contribution in [1.29, 1.82) is 0 Å². The number of hydrogen-bond acceptors (Lipinski definition) is 3. The Morgan fingerprint density at radius 1 is 0.923 bits per heavy atom. The molecule has 1 unspecified atom stereocenters. The first-order valence-corrected chi connectivity index (χ1v) is 9.49. The molecular formula is C23H22O2S. The number of thioether (sulfide) groups is 1. The predicted octanol–water partition coefficient (Wildman–Crippen LogP) is 6.11. The molecule has 0 N–H and O–H groups in total. The number of ketones is 1. The summed E-state index contributed by atoms with van der Waals surface area (Å²) in [6.45, 7) is 2.08. The fraction of sp³-hybridized carbons (Fsp3) is 0.174. The van der Waals surface area contributed by atoms with E-state index in [4.69, 9.17) is 4.74 Å². The van der Waals surface area contributed by atoms with Crippen molar-refractivity contribution in [3.05, 3.63) is 95.6 Å². The third kappa shape index (κ3) is 4.77. The number of hydrogen-bond donors (Lipinski definition) is 0. The molecule has 0 aromatic heterocycles. The summed E-state index contributed by atoms with van der Waals surface area (Å²) in [6, 6.07) is 26.0. The van der Waals surface area contributed by atoms with Crippen molar-refractivity contribution in [1.82, 2.24) is 0 Å². The Morgan fingerprint density at radius 2 is 1.58 bits per heavy atom. The van der Waals surface area contributed by atoms with Gasteiger partial charge in [0.25, 0.3) is 0 Å². The highest BCUT2D eigenvalue weighted by Crippen LogP contribution is 2.38. The quantitative estimate of drug-likeness (QED) is 0.375. The average Bonchev–Trinajstić information content (AvgIpc) is 2.70. The highest BCUT2D eigenvalue weighted by atomic mass is 32.2. The Hall–Kier alpha value is -2.52. The van der Waals surface area contributed by atoms with Gasteiger partial charge in [-0.15, -0.1) is 11.8 Å². The first kappa shape index (κ1) is 18.3. The first-order valence-electron chi connectivity index (χ1n) is 8.61. The molecule has 0 saturated carbocycles. The molecule has 0 aliphatic carbocycles. The van der Waals surface area contributed by atoms with Crippen LogP contribution in [-0.4, -0.2) is 12.9 Å². The van der Waals surface area contributed by atoms with E-state index >= 15 is 0 Å². The standard InChI is InChI=1S/C23H22O2S/c1-17-8-14-21(15-9-17)26-23(19-6-4-3-5-7-19)16-22(24)18-10-12-20(25-2)13-11-18/h3-15,23H,16H2,1-2H3. The van der Waals surface area contributed by atoms with Crippen molar-refractivity contribution in [2.24, 2.45) is 0 Å². The summed E-state index contributed by atoms with van der Waals surface area (Å²) in [4.78, 5) is 14.0. The number of methoxy groups -OCH3 is 1. The molecule has 3 rings (SSSR count). The zero-order chi connectivity index (χ0) is 18.4. The summed E-state index contributed by atoms with van der Waals surface area (Å²) in [6.07, 6.45) is 0.453. The number of rotatable bonds is 7. The van der Waals surface area contributed by atoms with Gasteiger partial charge in [-0.2, -0.15) is 0 Å². The molecule has 0 heterocycles. The van der Waals surface area contributed by atoms with Gasteiger partial charge in [-0.1, -0.05) is 48.0 Å². The van der Waals surface area contributed by atoms with E-state index in [0.29, 0.717) is 6.42 Å². The summed E-state index contributed by atoms with van der Waals surface area (Å²) in [5.41, 5.74) is 3.12. The zero-order valence-electron chi connectivity index (χ0n) is 15.0. The van der Waals surface area contributed by atoms with E-state index in [1.54, 1.807) is 18.9 Å². The normalized spacial score (nSPS) is 11.8. The van der Waals surface area contributed by atoms with Crippen LogP contribution in [-0.2, 0) is 0 Å². The number of Topliss-reactive ketones (excluding diaryl/α,β-unsaturated/α-hetero) is 1. The maximum Gasteiger partial charge on any atom is 0.164 e. The van der Waals surface area contributed by atoms with Gasteiger partial charge in [0.05, 0.1) is 7.11 Å². The van der Waals surface area contributed by atoms with Crippen LogP contribution in [0.4, 0.5) is 0 Å². The van der Waals surface area contributed by atoms with E-state index in [1.807, 2.05) is 42.5 Å². The molecule has 0 saturated heterocycles. The molecule has 3 heteroatoms. The number of carbonyl (C=O) groups is 1. The minimum atomic E-state index is 0.0773. The average molecular weight is 362 g/mol. The fourth-order valence-corrected chi connectivity index (χ4v) is 3.89. The number of aryl methyl sites for hydroxylation is 1. The van der Waals surface area contributed by atoms with E-state index in [2.05, 4.69) is 43.3 Å². The predicted molar refractivity (Wildman–Crippen MR) is 108 cm³/mol. The monoisotopic (exact) mass is 362 g/mol. The van der Waals surface area contributed by atoms with Gasteiger partial charge >= 0.3 is 0 Å². The van der Waals surface area contributed by atoms with Gasteiger partial charge in [0.15, 0.2) is 5.78 Å². The van der Waals surface area contributed by atoms with Crippen LogP contribution in [0.2, 0.25) is 0 Å². The highest BCUT2D eigenvalue weighted by Gasteiger charge is 2.18. The summed E-state index contributed by atoms with van der Waals surface area (Å²) in [5.74, 6) is 0.899. The van der Waals surface area contributed by atoms with Gasteiger partial charge < -0.3 is 4.74 Å². The van der Waals surface area contributed by atoms with E-state index < -0.39 is 0 Å². The molecule has 0 spiro atoms. The molecule has 132 valence electrons. The van der Waals surface area contributed by atoms with Crippen LogP contribution in [0, 0.1) is 6.92 Å². The molecule has 0 aliphatic heterocycles. The second-order valence-corrected chi connectivity index (χ2v) is 7.46. The Kier molecular flexibility index (Phi) is 6.13. The fourth-order valence-electron chi connectivity index (χ4n) is 2.74. The maximum atomic E-state index is 12.8. The minimum Gasteiger partial charge on any atom is -0.497 e. The summed E-state index contributed by atoms with van der Waals surface area (Å²) >= 11 is 1.74. The molecule has 2 nitrogen and oxygen atoms in total. The van der Waals surface area contributed by atoms with Gasteiger partial charge in [0.1, 0.15) is 5.75 Å². The van der Waals surface area contributed by atoms with E-state index in [0.717, 1.165) is 11.3 Å². The number of benzene rings is 3. The molecule has 0 fully saturated rings. The SMILES string of the molecule is COc1ccc(C(=O)CC(Sc2ccc(C)cc2)c2ccccc2)cc1. The Morgan fingerprint density at radius 3 is 2.19 bits per heavy atom. The van der Waals surface area contributed by atoms with Crippen LogP contribution >= 0.6 is 11.8 Å². The lowest BCUT2D eigenvalue weighted by Crippen LogP contribution is -2.05. The zero-order valence-corrected chi connectivity index (χ0v) is 15.8. The molecule has 0 aliphatic rings. The molecule has 0 amide bonds. The van der Waals surface area contributed by atoms with Gasteiger partial charge in [-0.3, -0.25) is 4.79 Å². The van der Waals surface area contributed by atoms with Crippen molar-refractivity contribution in [3.8, 4) is 5.75 Å². The van der Waals surface area contributed by atoms with Crippen LogP contribution in [0.25, 0.3) is 0 Å². The molecule has 0 radical (unpaired) electrons. The molecule has 0 bridgehead atoms. The smallest absolute Gasteiger partial charge is 0.164 e. The lowest BCUT2D eigenvalue weighted by atomic mass is 10.0. The summed E-state index contributed by atoms with van der Waals surface area (Å²) < 4.78 is 5.17. The summed E-state index contributed by atoms with van der Waals surface area (Å²) in [7, 11) is 1.63. The maximum absolute atomic E-state index is 12.8. The number of carbonyl (C=O) groups excluding carboxylic acids is 1. The van der Waals surface area contributed by atoms with Crippen molar-refractivity contribution in [2.45, 2.75) is 23.5 Å². The Labute approximate surface area is 159 Å². The molecule has 26 heavy (non-hydrogen) atoms. The van der Waals surface area contributed by atoms with Crippen LogP contribution in [0.5, 0.6) is 5.75 Å². The van der Waals surface area contributed by atoms with Crippen molar-refractivity contribution in [2.75, 3.05) is 7.11 Å². The van der Waals surface area contributed by atoms with Gasteiger partial charge in [0.2, 0.25) is 0 Å². The molecular weight excluding hydrogens is 340 g/mol.